The van der Waals surface area contributed by atoms with Crippen molar-refractivity contribution in [2.24, 2.45) is 5.73 Å². The SMILES string of the molecule is CC1=C(C(=O)OC(C)C)C(c2cccc([N+](=O)[O-])c2)C(C(=O)OC2CN(C(c3ccccc3)c3ccccc3)C2)=C(N)N1.Cc1ccc(S(=O)(=O)O)cc1.Cc1ccc(S(=O)(=O)O)cc1. The van der Waals surface area contributed by atoms with Gasteiger partial charge in [0.2, 0.25) is 0 Å². The van der Waals surface area contributed by atoms with E-state index in [9.17, 15) is 36.5 Å². The van der Waals surface area contributed by atoms with E-state index in [1.165, 1.54) is 42.5 Å². The first-order valence-electron chi connectivity index (χ1n) is 20.2. The van der Waals surface area contributed by atoms with E-state index in [0.29, 0.717) is 24.4 Å². The van der Waals surface area contributed by atoms with E-state index in [1.807, 2.05) is 50.2 Å². The zero-order chi connectivity index (χ0) is 47.6. The molecule has 1 saturated heterocycles. The second kappa shape index (κ2) is 21.3. The molecule has 0 aromatic heterocycles. The minimum Gasteiger partial charge on any atom is -0.460 e. The predicted octanol–water partition coefficient (Wildman–Crippen LogP) is 7.18. The van der Waals surface area contributed by atoms with Gasteiger partial charge in [0.05, 0.1) is 43.9 Å². The minimum absolute atomic E-state index is 0.00271. The molecule has 0 bridgehead atoms. The third-order valence-electron chi connectivity index (χ3n) is 10.2. The van der Waals surface area contributed by atoms with E-state index >= 15 is 0 Å². The Bertz CT molecular complexity index is 2660. The third-order valence-corrected chi connectivity index (χ3v) is 11.9. The molecule has 0 spiro atoms. The van der Waals surface area contributed by atoms with Crippen LogP contribution in [-0.4, -0.2) is 73.0 Å². The molecule has 2 heterocycles. The maximum Gasteiger partial charge on any atom is 0.339 e. The van der Waals surface area contributed by atoms with Crippen molar-refractivity contribution in [3.05, 3.63) is 194 Å². The summed E-state index contributed by atoms with van der Waals surface area (Å²) in [4.78, 5) is 40.2. The summed E-state index contributed by atoms with van der Waals surface area (Å²) in [6.07, 6.45) is -0.855. The van der Waals surface area contributed by atoms with Crippen molar-refractivity contribution in [2.75, 3.05) is 13.1 Å². The number of carbonyl (C=O) groups excluding carboxylic acids is 2. The summed E-state index contributed by atoms with van der Waals surface area (Å²) in [5.74, 6) is -2.37. The Morgan fingerprint density at radius 2 is 1.20 bits per heavy atom. The highest BCUT2D eigenvalue weighted by Crippen LogP contribution is 2.40. The summed E-state index contributed by atoms with van der Waals surface area (Å²) >= 11 is 0. The molecule has 2 aliphatic heterocycles. The first kappa shape index (κ1) is 49.3. The molecule has 5 aromatic carbocycles. The fourth-order valence-electron chi connectivity index (χ4n) is 7.06. The fraction of sp³-hybridized carbons (Fsp3) is 0.234. The lowest BCUT2D eigenvalue weighted by atomic mass is 9.81. The number of benzene rings is 5. The lowest BCUT2D eigenvalue weighted by molar-refractivity contribution is -0.384. The number of nitrogens with one attached hydrogen (secondary N) is 1. The Hall–Kier alpha value is -6.70. The average Bonchev–Trinajstić information content (AvgIpc) is 3.23. The van der Waals surface area contributed by atoms with Gasteiger partial charge in [-0.25, -0.2) is 9.59 Å². The van der Waals surface area contributed by atoms with Crippen LogP contribution in [0.15, 0.2) is 166 Å². The van der Waals surface area contributed by atoms with Crippen LogP contribution in [0.4, 0.5) is 5.69 Å². The smallest absolute Gasteiger partial charge is 0.339 e. The van der Waals surface area contributed by atoms with Crippen molar-refractivity contribution in [1.82, 2.24) is 10.2 Å². The number of dihydropyridines is 1. The van der Waals surface area contributed by atoms with Crippen LogP contribution >= 0.6 is 0 Å². The van der Waals surface area contributed by atoms with Crippen LogP contribution in [0.2, 0.25) is 0 Å². The average molecular weight is 927 g/mol. The number of ether oxygens (including phenoxy) is 2. The molecule has 1 fully saturated rings. The monoisotopic (exact) mass is 926 g/mol. The number of aryl methyl sites for hydroxylation is 2. The Morgan fingerprint density at radius 1 is 0.723 bits per heavy atom. The minimum atomic E-state index is -4.02. The zero-order valence-electron chi connectivity index (χ0n) is 36.2. The number of hydrogen-bond acceptors (Lipinski definition) is 13. The quantitative estimate of drug-likeness (QED) is 0.0444. The summed E-state index contributed by atoms with van der Waals surface area (Å²) in [7, 11) is -8.04. The molecule has 1 unspecified atom stereocenters. The molecule has 342 valence electrons. The van der Waals surface area contributed by atoms with Crippen LogP contribution in [0.3, 0.4) is 0 Å². The number of carbonyl (C=O) groups is 2. The van der Waals surface area contributed by atoms with Crippen LogP contribution in [-0.2, 0) is 39.3 Å². The van der Waals surface area contributed by atoms with Crippen LogP contribution < -0.4 is 11.1 Å². The number of nitrogens with two attached hydrogens (primary N) is 1. The number of hydrogen-bond donors (Lipinski definition) is 4. The Kier molecular flexibility index (Phi) is 16.2. The van der Waals surface area contributed by atoms with Crippen LogP contribution in [0.1, 0.15) is 60.5 Å². The van der Waals surface area contributed by atoms with Gasteiger partial charge in [-0.15, -0.1) is 0 Å². The normalized spacial score (nSPS) is 15.4. The molecule has 0 amide bonds. The van der Waals surface area contributed by atoms with E-state index in [2.05, 4.69) is 34.5 Å². The number of likely N-dealkylation sites (tertiary alicyclic amines) is 1. The van der Waals surface area contributed by atoms with Gasteiger partial charge < -0.3 is 20.5 Å². The maximum atomic E-state index is 13.8. The number of nitro benzene ring substituents is 1. The van der Waals surface area contributed by atoms with E-state index in [1.54, 1.807) is 51.1 Å². The summed E-state index contributed by atoms with van der Waals surface area (Å²) in [5, 5.41) is 14.5. The lowest BCUT2D eigenvalue weighted by Crippen LogP contribution is -2.54. The van der Waals surface area contributed by atoms with E-state index < -0.39 is 55.2 Å². The van der Waals surface area contributed by atoms with Gasteiger partial charge in [-0.3, -0.25) is 24.1 Å². The van der Waals surface area contributed by atoms with Crippen molar-refractivity contribution in [2.45, 2.75) is 68.6 Å². The zero-order valence-corrected chi connectivity index (χ0v) is 37.8. The molecule has 0 saturated carbocycles. The van der Waals surface area contributed by atoms with Crippen molar-refractivity contribution in [1.29, 1.82) is 0 Å². The molecule has 16 nitrogen and oxygen atoms in total. The van der Waals surface area contributed by atoms with Crippen LogP contribution in [0.5, 0.6) is 0 Å². The van der Waals surface area contributed by atoms with Crippen LogP contribution in [0, 0.1) is 24.0 Å². The number of esters is 2. The van der Waals surface area contributed by atoms with Crippen molar-refractivity contribution < 1.29 is 49.9 Å². The molecule has 1 atom stereocenters. The lowest BCUT2D eigenvalue weighted by Gasteiger charge is -2.44. The largest absolute Gasteiger partial charge is 0.460 e. The molecule has 65 heavy (non-hydrogen) atoms. The van der Waals surface area contributed by atoms with Gasteiger partial charge in [0.25, 0.3) is 25.9 Å². The van der Waals surface area contributed by atoms with Gasteiger partial charge in [-0.1, -0.05) is 108 Å². The van der Waals surface area contributed by atoms with Crippen LogP contribution in [0.25, 0.3) is 0 Å². The summed E-state index contributed by atoms with van der Waals surface area (Å²) in [5.41, 5.74) is 11.2. The molecule has 5 N–H and O–H groups in total. The molecule has 7 rings (SSSR count). The number of rotatable bonds is 11. The number of non-ortho nitro benzene ring substituents is 1. The van der Waals surface area contributed by atoms with Gasteiger partial charge in [0, 0.05) is 30.9 Å². The highest BCUT2D eigenvalue weighted by Gasteiger charge is 2.42. The molecule has 5 aromatic rings. The summed E-state index contributed by atoms with van der Waals surface area (Å²) in [6, 6.07) is 38.0. The third kappa shape index (κ3) is 13.2. The molecule has 0 aliphatic carbocycles. The standard InChI is InChI=1S/C33H34N4O6.2C7H8O3S/c1-20(2)42-32(38)27-21(3)35-31(34)29(28(27)24-15-10-16-25(17-24)37(40)41)33(39)43-26-18-36(19-26)30(22-11-6-4-7-12-22)23-13-8-5-9-14-23;2*1-6-2-4-7(5-3-6)11(8,9)10/h4-17,20,26,28,30,35H,18-19,34H2,1-3H3;2*2-5H,1H3,(H,8,9,10). The molecule has 18 heteroatoms. The Morgan fingerprint density at radius 3 is 1.63 bits per heavy atom. The second-order valence-electron chi connectivity index (χ2n) is 15.5. The first-order chi connectivity index (χ1) is 30.6. The van der Waals surface area contributed by atoms with E-state index in [4.69, 9.17) is 24.3 Å². The molecular weight excluding hydrogens is 877 g/mol. The topological polar surface area (TPSA) is 246 Å². The van der Waals surface area contributed by atoms with E-state index in [0.717, 1.165) is 22.3 Å². The summed E-state index contributed by atoms with van der Waals surface area (Å²) in [6.45, 7) is 9.73. The second-order valence-corrected chi connectivity index (χ2v) is 18.4. The number of allylic oxidation sites excluding steroid dienone is 1. The Balaban J connectivity index is 0.000000293. The predicted molar refractivity (Wildman–Crippen MR) is 242 cm³/mol. The Labute approximate surface area is 378 Å². The molecule has 2 aliphatic rings. The van der Waals surface area contributed by atoms with Gasteiger partial charge in [-0.05, 0) is 75.6 Å². The number of nitrogens with zero attached hydrogens (tertiary/aromatic N) is 2. The number of nitro groups is 1. The van der Waals surface area contributed by atoms with E-state index in [-0.39, 0.29) is 38.5 Å². The maximum absolute atomic E-state index is 13.8. The highest BCUT2D eigenvalue weighted by atomic mass is 32.2. The van der Waals surface area contributed by atoms with Crippen molar-refractivity contribution in [3.63, 3.8) is 0 Å². The molecule has 0 radical (unpaired) electrons. The van der Waals surface area contributed by atoms with Gasteiger partial charge in [0.1, 0.15) is 11.9 Å². The van der Waals surface area contributed by atoms with Gasteiger partial charge >= 0.3 is 11.9 Å². The first-order valence-corrected chi connectivity index (χ1v) is 23.1. The van der Waals surface area contributed by atoms with Gasteiger partial charge in [0.15, 0.2) is 0 Å². The molecular formula is C47H50N4O12S2. The van der Waals surface area contributed by atoms with Gasteiger partial charge in [-0.2, -0.15) is 16.8 Å². The van der Waals surface area contributed by atoms with Crippen molar-refractivity contribution in [3.8, 4) is 0 Å². The highest BCUT2D eigenvalue weighted by molar-refractivity contribution is 7.86. The fourth-order valence-corrected chi connectivity index (χ4v) is 8.02. The summed E-state index contributed by atoms with van der Waals surface area (Å²) < 4.78 is 70.6. The van der Waals surface area contributed by atoms with Crippen molar-refractivity contribution >= 4 is 37.9 Å².